The molecule has 6 heteroatoms. The molecular weight excluding hydrogens is 322 g/mol. The van der Waals surface area contributed by atoms with Crippen LogP contribution >= 0.6 is 34.3 Å². The van der Waals surface area contributed by atoms with Gasteiger partial charge in [0.2, 0.25) is 0 Å². The molecule has 21 heavy (non-hydrogen) atoms. The second-order valence-corrected chi connectivity index (χ2v) is 7.28. The van der Waals surface area contributed by atoms with Crippen molar-refractivity contribution in [3.8, 4) is 11.3 Å². The number of nitrogens with zero attached hydrogens (tertiary/aromatic N) is 2. The zero-order valence-corrected chi connectivity index (χ0v) is 14.1. The van der Waals surface area contributed by atoms with Crippen molar-refractivity contribution < 1.29 is 0 Å². The monoisotopic (exact) mass is 335 g/mol. The van der Waals surface area contributed by atoms with E-state index in [4.69, 9.17) is 11.6 Å². The minimum Gasteiger partial charge on any atom is -0.356 e. The minimum absolute atomic E-state index is 0.700. The molecule has 0 bridgehead atoms. The number of halogens is 1. The van der Waals surface area contributed by atoms with Crippen LogP contribution in [0.3, 0.4) is 0 Å². The van der Waals surface area contributed by atoms with Gasteiger partial charge >= 0.3 is 0 Å². The predicted molar refractivity (Wildman–Crippen MR) is 91.5 cm³/mol. The summed E-state index contributed by atoms with van der Waals surface area (Å²) in [5.74, 6) is 0. The molecule has 1 aromatic carbocycles. The van der Waals surface area contributed by atoms with Crippen LogP contribution in [0.5, 0.6) is 0 Å². The standard InChI is InChI=1S/C15H14ClN3S2/c1-9-13(18-10(2)21-9)7-17-15-19-14(8-20-15)11-5-3-4-6-12(11)16/h3-6,8H,7H2,1-2H3,(H,17,19). The lowest BCUT2D eigenvalue weighted by atomic mass is 10.2. The molecule has 0 fully saturated rings. The van der Waals surface area contributed by atoms with Gasteiger partial charge in [-0.1, -0.05) is 29.8 Å². The smallest absolute Gasteiger partial charge is 0.183 e. The van der Waals surface area contributed by atoms with E-state index >= 15 is 0 Å². The van der Waals surface area contributed by atoms with Crippen LogP contribution in [-0.2, 0) is 6.54 Å². The summed E-state index contributed by atoms with van der Waals surface area (Å²) in [6.07, 6.45) is 0. The molecule has 3 rings (SSSR count). The molecule has 0 aliphatic rings. The molecule has 0 aliphatic carbocycles. The lowest BCUT2D eigenvalue weighted by Gasteiger charge is -2.01. The summed E-state index contributed by atoms with van der Waals surface area (Å²) in [6, 6.07) is 7.75. The molecule has 0 spiro atoms. The Balaban J connectivity index is 1.74. The maximum atomic E-state index is 6.20. The SMILES string of the molecule is Cc1nc(CNc2nc(-c3ccccc3Cl)cs2)c(C)s1. The average molecular weight is 336 g/mol. The Bertz CT molecular complexity index is 764. The number of aromatic nitrogens is 2. The highest BCUT2D eigenvalue weighted by Crippen LogP contribution is 2.30. The van der Waals surface area contributed by atoms with Gasteiger partial charge in [0.05, 0.1) is 22.9 Å². The predicted octanol–water partition coefficient (Wildman–Crippen LogP) is 5.15. The van der Waals surface area contributed by atoms with E-state index in [1.165, 1.54) is 4.88 Å². The number of aryl methyl sites for hydroxylation is 2. The van der Waals surface area contributed by atoms with Crippen molar-refractivity contribution in [2.24, 2.45) is 0 Å². The number of hydrogen-bond acceptors (Lipinski definition) is 5. The third-order valence-electron chi connectivity index (χ3n) is 3.06. The van der Waals surface area contributed by atoms with Gasteiger partial charge in [-0.3, -0.25) is 0 Å². The molecule has 3 aromatic rings. The maximum Gasteiger partial charge on any atom is 0.183 e. The van der Waals surface area contributed by atoms with Crippen molar-refractivity contribution in [1.82, 2.24) is 9.97 Å². The van der Waals surface area contributed by atoms with E-state index in [1.807, 2.05) is 36.6 Å². The third-order valence-corrected chi connectivity index (χ3v) is 5.12. The first-order valence-electron chi connectivity index (χ1n) is 6.50. The Morgan fingerprint density at radius 2 is 2.00 bits per heavy atom. The fraction of sp³-hybridized carbons (Fsp3) is 0.200. The number of rotatable bonds is 4. The second kappa shape index (κ2) is 6.13. The molecule has 0 radical (unpaired) electrons. The van der Waals surface area contributed by atoms with Crippen LogP contribution in [-0.4, -0.2) is 9.97 Å². The summed E-state index contributed by atoms with van der Waals surface area (Å²) >= 11 is 9.50. The fourth-order valence-electron chi connectivity index (χ4n) is 2.04. The summed E-state index contributed by atoms with van der Waals surface area (Å²) in [6.45, 7) is 4.82. The van der Waals surface area contributed by atoms with Crippen molar-refractivity contribution in [2.45, 2.75) is 20.4 Å². The second-order valence-electron chi connectivity index (χ2n) is 4.61. The molecule has 0 unspecified atom stereocenters. The third kappa shape index (κ3) is 3.26. The van der Waals surface area contributed by atoms with Gasteiger partial charge in [-0.25, -0.2) is 9.97 Å². The molecule has 2 heterocycles. The lowest BCUT2D eigenvalue weighted by Crippen LogP contribution is -2.00. The van der Waals surface area contributed by atoms with Crippen molar-refractivity contribution >= 4 is 39.4 Å². The van der Waals surface area contributed by atoms with Gasteiger partial charge in [0.15, 0.2) is 5.13 Å². The Morgan fingerprint density at radius 3 is 2.71 bits per heavy atom. The van der Waals surface area contributed by atoms with Crippen LogP contribution in [0.15, 0.2) is 29.6 Å². The molecule has 2 aromatic heterocycles. The van der Waals surface area contributed by atoms with Gasteiger partial charge in [0, 0.05) is 20.8 Å². The quantitative estimate of drug-likeness (QED) is 0.716. The van der Waals surface area contributed by atoms with E-state index in [0.717, 1.165) is 32.1 Å². The van der Waals surface area contributed by atoms with Crippen molar-refractivity contribution in [3.05, 3.63) is 50.2 Å². The summed E-state index contributed by atoms with van der Waals surface area (Å²) in [5.41, 5.74) is 2.95. The van der Waals surface area contributed by atoms with Crippen LogP contribution in [0.4, 0.5) is 5.13 Å². The number of hydrogen-bond donors (Lipinski definition) is 1. The van der Waals surface area contributed by atoms with E-state index in [9.17, 15) is 0 Å². The topological polar surface area (TPSA) is 37.8 Å². The Labute approximate surface area is 136 Å². The fourth-order valence-corrected chi connectivity index (χ4v) is 3.82. The van der Waals surface area contributed by atoms with Crippen LogP contribution in [0.25, 0.3) is 11.3 Å². The number of thiazole rings is 2. The van der Waals surface area contributed by atoms with Crippen LogP contribution in [0.2, 0.25) is 5.02 Å². The van der Waals surface area contributed by atoms with Gasteiger partial charge in [0.1, 0.15) is 0 Å². The Morgan fingerprint density at radius 1 is 1.19 bits per heavy atom. The van der Waals surface area contributed by atoms with Crippen LogP contribution in [0.1, 0.15) is 15.6 Å². The summed E-state index contributed by atoms with van der Waals surface area (Å²) < 4.78 is 0. The van der Waals surface area contributed by atoms with Crippen molar-refractivity contribution in [3.63, 3.8) is 0 Å². The maximum absolute atomic E-state index is 6.20. The molecule has 1 N–H and O–H groups in total. The van der Waals surface area contributed by atoms with E-state index in [2.05, 4.69) is 22.2 Å². The first-order chi connectivity index (χ1) is 10.1. The molecule has 108 valence electrons. The Kier molecular flexibility index (Phi) is 4.24. The first-order valence-corrected chi connectivity index (χ1v) is 8.58. The molecule has 0 saturated heterocycles. The van der Waals surface area contributed by atoms with Gasteiger partial charge < -0.3 is 5.32 Å². The molecule has 0 saturated carbocycles. The normalized spacial score (nSPS) is 10.8. The zero-order valence-electron chi connectivity index (χ0n) is 11.7. The van der Waals surface area contributed by atoms with E-state index < -0.39 is 0 Å². The van der Waals surface area contributed by atoms with Crippen LogP contribution in [0, 0.1) is 13.8 Å². The highest BCUT2D eigenvalue weighted by molar-refractivity contribution is 7.14. The molecule has 3 nitrogen and oxygen atoms in total. The molecule has 0 amide bonds. The van der Waals surface area contributed by atoms with Crippen LogP contribution < -0.4 is 5.32 Å². The van der Waals surface area contributed by atoms with E-state index in [1.54, 1.807) is 22.7 Å². The number of nitrogens with one attached hydrogen (secondary N) is 1. The molecular formula is C15H14ClN3S2. The summed E-state index contributed by atoms with van der Waals surface area (Å²) in [4.78, 5) is 10.4. The summed E-state index contributed by atoms with van der Waals surface area (Å²) in [5, 5.41) is 8.05. The van der Waals surface area contributed by atoms with Crippen molar-refractivity contribution in [1.29, 1.82) is 0 Å². The molecule has 0 aliphatic heterocycles. The van der Waals surface area contributed by atoms with Gasteiger partial charge in [-0.2, -0.15) is 0 Å². The van der Waals surface area contributed by atoms with E-state index in [0.29, 0.717) is 6.54 Å². The minimum atomic E-state index is 0.700. The largest absolute Gasteiger partial charge is 0.356 e. The first kappa shape index (κ1) is 14.5. The highest BCUT2D eigenvalue weighted by atomic mass is 35.5. The number of benzene rings is 1. The lowest BCUT2D eigenvalue weighted by molar-refractivity contribution is 1.03. The van der Waals surface area contributed by atoms with Gasteiger partial charge in [0.25, 0.3) is 0 Å². The van der Waals surface area contributed by atoms with Gasteiger partial charge in [-0.05, 0) is 19.9 Å². The van der Waals surface area contributed by atoms with Gasteiger partial charge in [-0.15, -0.1) is 22.7 Å². The average Bonchev–Trinajstić information content (AvgIpc) is 3.04. The summed E-state index contributed by atoms with van der Waals surface area (Å²) in [7, 11) is 0. The Hall–Kier alpha value is -1.43. The number of anilines is 1. The molecule has 0 atom stereocenters. The highest BCUT2D eigenvalue weighted by Gasteiger charge is 2.09. The van der Waals surface area contributed by atoms with Crippen molar-refractivity contribution in [2.75, 3.05) is 5.32 Å². The zero-order chi connectivity index (χ0) is 14.8. The van der Waals surface area contributed by atoms with E-state index in [-0.39, 0.29) is 0 Å².